The van der Waals surface area contributed by atoms with Crippen LogP contribution in [0.1, 0.15) is 48.3 Å². The molecule has 0 unspecified atom stereocenters. The maximum absolute atomic E-state index is 12.4. The first-order valence-electron chi connectivity index (χ1n) is 10.8. The number of H-pyrrole nitrogens is 1. The van der Waals surface area contributed by atoms with E-state index in [1.54, 1.807) is 30.9 Å². The van der Waals surface area contributed by atoms with Crippen molar-refractivity contribution >= 4 is 17.0 Å². The number of hydrogen-bond acceptors (Lipinski definition) is 5. The van der Waals surface area contributed by atoms with Crippen LogP contribution < -0.4 is 5.56 Å². The topological polar surface area (TPSA) is 98.8 Å². The van der Waals surface area contributed by atoms with E-state index < -0.39 is 0 Å². The number of fused-ring (bicyclic) bond motifs is 1. The van der Waals surface area contributed by atoms with E-state index in [0.717, 1.165) is 24.0 Å². The van der Waals surface area contributed by atoms with Crippen molar-refractivity contribution in [3.8, 4) is 22.8 Å². The monoisotopic (exact) mass is 428 g/mol. The summed E-state index contributed by atoms with van der Waals surface area (Å²) in [6.07, 6.45) is 9.49. The van der Waals surface area contributed by atoms with Gasteiger partial charge in [0.15, 0.2) is 0 Å². The number of benzene rings is 2. The number of furan rings is 1. The molecule has 0 spiro atoms. The molecular formula is C26H24N2O4. The molecule has 1 saturated carbocycles. The van der Waals surface area contributed by atoms with Gasteiger partial charge in [-0.2, -0.15) is 0 Å². The third-order valence-electron chi connectivity index (χ3n) is 6.28. The molecule has 6 heteroatoms. The molecule has 162 valence electrons. The Balaban J connectivity index is 1.45. The largest absolute Gasteiger partial charge is 0.507 e. The van der Waals surface area contributed by atoms with Gasteiger partial charge in [-0.05, 0) is 54.2 Å². The number of rotatable bonds is 5. The van der Waals surface area contributed by atoms with Gasteiger partial charge in [-0.1, -0.05) is 31.0 Å². The second-order valence-electron chi connectivity index (χ2n) is 8.34. The predicted octanol–water partition coefficient (Wildman–Crippen LogP) is 5.48. The molecular weight excluding hydrogens is 404 g/mol. The summed E-state index contributed by atoms with van der Waals surface area (Å²) in [4.78, 5) is 19.3. The second kappa shape index (κ2) is 8.38. The lowest BCUT2D eigenvalue weighted by atomic mass is 9.94. The fourth-order valence-electron chi connectivity index (χ4n) is 4.58. The number of aromatic nitrogens is 1. The standard InChI is InChI=1S/C26H24N2O4/c29-24-11-16(5-7-20(24)19-9-10-32-15-19)13-27-14-23-22-12-18(17-3-1-2-4-17)6-8-21(22)25(30)28-26(23)31/h5-12,14-15,17,29H,1-4,13H2,(H2,28,30,31). The molecule has 6 nitrogen and oxygen atoms in total. The lowest BCUT2D eigenvalue weighted by Gasteiger charge is -2.12. The molecule has 0 amide bonds. The van der Waals surface area contributed by atoms with Crippen LogP contribution in [0.3, 0.4) is 0 Å². The predicted molar refractivity (Wildman–Crippen MR) is 125 cm³/mol. The third kappa shape index (κ3) is 3.80. The number of nitrogens with zero attached hydrogens (tertiary/aromatic N) is 1. The summed E-state index contributed by atoms with van der Waals surface area (Å²) in [6, 6.07) is 13.1. The van der Waals surface area contributed by atoms with Crippen LogP contribution in [0.25, 0.3) is 21.9 Å². The van der Waals surface area contributed by atoms with E-state index in [0.29, 0.717) is 34.4 Å². The molecule has 32 heavy (non-hydrogen) atoms. The minimum atomic E-state index is -0.313. The van der Waals surface area contributed by atoms with Crippen molar-refractivity contribution in [1.29, 1.82) is 0 Å². The smallest absolute Gasteiger partial charge is 0.258 e. The molecule has 3 N–H and O–H groups in total. The van der Waals surface area contributed by atoms with E-state index in [-0.39, 0.29) is 17.2 Å². The second-order valence-corrected chi connectivity index (χ2v) is 8.34. The maximum Gasteiger partial charge on any atom is 0.258 e. The number of pyridine rings is 1. The Labute approximate surface area is 184 Å². The average molecular weight is 428 g/mol. The molecule has 0 radical (unpaired) electrons. The number of aromatic amines is 1. The number of aromatic hydroxyl groups is 2. The number of phenolic OH excluding ortho intramolecular Hbond substituents is 1. The summed E-state index contributed by atoms with van der Waals surface area (Å²) in [5.74, 6) is 0.466. The molecule has 0 saturated heterocycles. The lowest BCUT2D eigenvalue weighted by Crippen LogP contribution is -2.09. The van der Waals surface area contributed by atoms with E-state index in [1.165, 1.54) is 18.4 Å². The van der Waals surface area contributed by atoms with Crippen molar-refractivity contribution in [3.63, 3.8) is 0 Å². The van der Waals surface area contributed by atoms with Gasteiger partial charge in [-0.3, -0.25) is 14.8 Å². The normalized spacial score (nSPS) is 14.6. The van der Waals surface area contributed by atoms with Crippen LogP contribution in [0.2, 0.25) is 0 Å². The Bertz CT molecular complexity index is 1350. The first-order chi connectivity index (χ1) is 15.6. The third-order valence-corrected chi connectivity index (χ3v) is 6.28. The van der Waals surface area contributed by atoms with E-state index in [4.69, 9.17) is 4.42 Å². The van der Waals surface area contributed by atoms with Crippen LogP contribution in [0.5, 0.6) is 11.6 Å². The van der Waals surface area contributed by atoms with Crippen LogP contribution in [0, 0.1) is 0 Å². The van der Waals surface area contributed by atoms with Gasteiger partial charge in [0.2, 0.25) is 5.88 Å². The van der Waals surface area contributed by atoms with Crippen LogP contribution in [-0.2, 0) is 6.54 Å². The fourth-order valence-corrected chi connectivity index (χ4v) is 4.58. The van der Waals surface area contributed by atoms with E-state index in [2.05, 4.69) is 9.98 Å². The first-order valence-corrected chi connectivity index (χ1v) is 10.8. The molecule has 1 aliphatic carbocycles. The zero-order valence-electron chi connectivity index (χ0n) is 17.5. The van der Waals surface area contributed by atoms with Crippen LogP contribution in [0.4, 0.5) is 0 Å². The van der Waals surface area contributed by atoms with E-state index in [9.17, 15) is 15.0 Å². The van der Waals surface area contributed by atoms with E-state index in [1.807, 2.05) is 30.3 Å². The average Bonchev–Trinajstić information content (AvgIpc) is 3.50. The summed E-state index contributed by atoms with van der Waals surface area (Å²) in [7, 11) is 0. The van der Waals surface area contributed by atoms with Gasteiger partial charge in [0.1, 0.15) is 5.75 Å². The van der Waals surface area contributed by atoms with Gasteiger partial charge in [0, 0.05) is 28.1 Å². The zero-order valence-corrected chi connectivity index (χ0v) is 17.5. The Morgan fingerprint density at radius 2 is 1.91 bits per heavy atom. The van der Waals surface area contributed by atoms with E-state index >= 15 is 0 Å². The van der Waals surface area contributed by atoms with Crippen LogP contribution in [-0.4, -0.2) is 21.4 Å². The molecule has 0 atom stereocenters. The van der Waals surface area contributed by atoms with Gasteiger partial charge < -0.3 is 14.6 Å². The highest BCUT2D eigenvalue weighted by atomic mass is 16.3. The first kappa shape index (κ1) is 20.1. The molecule has 1 aliphatic rings. The molecule has 1 fully saturated rings. The van der Waals surface area contributed by atoms with Gasteiger partial charge in [0.25, 0.3) is 5.56 Å². The Kier molecular flexibility index (Phi) is 5.27. The van der Waals surface area contributed by atoms with Gasteiger partial charge in [-0.25, -0.2) is 0 Å². The van der Waals surface area contributed by atoms with Crippen molar-refractivity contribution in [1.82, 2.24) is 4.98 Å². The van der Waals surface area contributed by atoms with Crippen LogP contribution in [0.15, 0.2) is 69.2 Å². The molecule has 0 bridgehead atoms. The minimum absolute atomic E-state index is 0.151. The lowest BCUT2D eigenvalue weighted by molar-refractivity contribution is 0.452. The highest BCUT2D eigenvalue weighted by molar-refractivity contribution is 6.01. The van der Waals surface area contributed by atoms with Gasteiger partial charge in [0.05, 0.1) is 24.6 Å². The van der Waals surface area contributed by atoms with Crippen LogP contribution >= 0.6 is 0 Å². The summed E-state index contributed by atoms with van der Waals surface area (Å²) in [5, 5.41) is 22.0. The number of nitrogens with one attached hydrogen (secondary N) is 1. The summed E-state index contributed by atoms with van der Waals surface area (Å²) < 4.78 is 5.08. The van der Waals surface area contributed by atoms with Crippen molar-refractivity contribution in [2.24, 2.45) is 4.99 Å². The zero-order chi connectivity index (χ0) is 22.1. The Morgan fingerprint density at radius 1 is 1.06 bits per heavy atom. The number of hydrogen-bond donors (Lipinski definition) is 3. The quantitative estimate of drug-likeness (QED) is 0.367. The number of aliphatic imine (C=N–C) groups is 1. The van der Waals surface area contributed by atoms with Crippen molar-refractivity contribution < 1.29 is 14.6 Å². The minimum Gasteiger partial charge on any atom is -0.507 e. The summed E-state index contributed by atoms with van der Waals surface area (Å²) in [6.45, 7) is 0.321. The SMILES string of the molecule is O=c1[nH]c(O)c(C=NCc2ccc(-c3ccoc3)c(O)c2)c2cc(C3CCCC3)ccc12. The molecule has 2 aromatic heterocycles. The van der Waals surface area contributed by atoms with Gasteiger partial charge in [-0.15, -0.1) is 0 Å². The molecule has 2 aromatic carbocycles. The molecule has 5 rings (SSSR count). The molecule has 2 heterocycles. The fraction of sp³-hybridized carbons (Fsp3) is 0.231. The van der Waals surface area contributed by atoms with Crippen molar-refractivity contribution in [3.05, 3.63) is 82.0 Å². The molecule has 0 aliphatic heterocycles. The summed E-state index contributed by atoms with van der Waals surface area (Å²) in [5.41, 5.74) is 3.71. The Hall–Kier alpha value is -3.80. The van der Waals surface area contributed by atoms with Crippen molar-refractivity contribution in [2.45, 2.75) is 38.1 Å². The molecule has 4 aromatic rings. The number of phenols is 1. The maximum atomic E-state index is 12.4. The summed E-state index contributed by atoms with van der Waals surface area (Å²) >= 11 is 0. The highest BCUT2D eigenvalue weighted by Crippen LogP contribution is 2.36. The Morgan fingerprint density at radius 3 is 2.66 bits per heavy atom. The van der Waals surface area contributed by atoms with Crippen molar-refractivity contribution in [2.75, 3.05) is 0 Å². The van der Waals surface area contributed by atoms with Gasteiger partial charge >= 0.3 is 0 Å². The highest BCUT2D eigenvalue weighted by Gasteiger charge is 2.19.